The summed E-state index contributed by atoms with van der Waals surface area (Å²) in [5.74, 6) is 0.712. The van der Waals surface area contributed by atoms with E-state index in [-0.39, 0.29) is 18.5 Å². The SMILES string of the molecule is COc1ccc(C2=Nn3c(nnc(CCC(=O)O)c3=O)SC2)c(OC)c1. The minimum absolute atomic E-state index is 0.00280. The molecular weight excluding hydrogens is 360 g/mol. The standard InChI is InChI=1S/C16H16N4O5S/c1-24-9-3-4-10(13(7-9)25-2)12-8-26-16-18-17-11(5-6-14(21)22)15(23)20(16)19-12/h3-4,7H,5-6,8H2,1-2H3,(H,21,22). The maximum Gasteiger partial charge on any atom is 0.303 e. The highest BCUT2D eigenvalue weighted by molar-refractivity contribution is 7.99. The number of hydrogen-bond donors (Lipinski definition) is 1. The third-order valence-corrected chi connectivity index (χ3v) is 4.66. The molecule has 1 aromatic carbocycles. The molecule has 1 aliphatic heterocycles. The molecule has 136 valence electrons. The summed E-state index contributed by atoms with van der Waals surface area (Å²) in [4.78, 5) is 23.3. The molecule has 2 aromatic rings. The Bertz CT molecular complexity index is 941. The molecule has 0 unspecified atom stereocenters. The molecular formula is C16H16N4O5S. The highest BCUT2D eigenvalue weighted by Crippen LogP contribution is 2.29. The number of nitrogens with zero attached hydrogens (tertiary/aromatic N) is 4. The van der Waals surface area contributed by atoms with Crippen LogP contribution in [0.2, 0.25) is 0 Å². The van der Waals surface area contributed by atoms with Crippen LogP contribution in [0.1, 0.15) is 17.7 Å². The van der Waals surface area contributed by atoms with Crippen molar-refractivity contribution in [2.45, 2.75) is 18.0 Å². The number of hydrogen-bond acceptors (Lipinski definition) is 8. The molecule has 0 spiro atoms. The molecule has 0 amide bonds. The monoisotopic (exact) mass is 376 g/mol. The number of aryl methyl sites for hydroxylation is 1. The van der Waals surface area contributed by atoms with Gasteiger partial charge in [-0.15, -0.1) is 10.2 Å². The zero-order valence-electron chi connectivity index (χ0n) is 14.1. The summed E-state index contributed by atoms with van der Waals surface area (Å²) in [6.45, 7) is 0. The second-order valence-electron chi connectivity index (χ2n) is 5.34. The number of carbonyl (C=O) groups is 1. The third-order valence-electron chi connectivity index (χ3n) is 3.73. The summed E-state index contributed by atoms with van der Waals surface area (Å²) in [7, 11) is 3.11. The Labute approximate surface area is 152 Å². The van der Waals surface area contributed by atoms with Crippen LogP contribution in [0, 0.1) is 0 Å². The van der Waals surface area contributed by atoms with E-state index in [2.05, 4.69) is 15.3 Å². The molecule has 0 fully saturated rings. The number of carboxylic acid groups (broad SMARTS) is 1. The van der Waals surface area contributed by atoms with Gasteiger partial charge in [0.2, 0.25) is 5.16 Å². The molecule has 0 bridgehead atoms. The average molecular weight is 376 g/mol. The van der Waals surface area contributed by atoms with E-state index in [1.165, 1.54) is 11.8 Å². The number of ether oxygens (including phenoxy) is 2. The smallest absolute Gasteiger partial charge is 0.303 e. The lowest BCUT2D eigenvalue weighted by molar-refractivity contribution is -0.136. The van der Waals surface area contributed by atoms with Crippen LogP contribution in [0.4, 0.5) is 0 Å². The molecule has 0 saturated heterocycles. The number of aliphatic carboxylic acids is 1. The number of carboxylic acids is 1. The van der Waals surface area contributed by atoms with E-state index in [1.54, 1.807) is 26.4 Å². The Kier molecular flexibility index (Phi) is 5.21. The van der Waals surface area contributed by atoms with Gasteiger partial charge in [0.25, 0.3) is 5.56 Å². The number of rotatable bonds is 6. The zero-order valence-corrected chi connectivity index (χ0v) is 14.9. The summed E-state index contributed by atoms with van der Waals surface area (Å²) in [5.41, 5.74) is 0.986. The molecule has 26 heavy (non-hydrogen) atoms. The minimum atomic E-state index is -1.00. The second kappa shape index (κ2) is 7.56. The quantitative estimate of drug-likeness (QED) is 0.795. The fourth-order valence-corrected chi connectivity index (χ4v) is 3.23. The minimum Gasteiger partial charge on any atom is -0.497 e. The molecule has 0 saturated carbocycles. The zero-order chi connectivity index (χ0) is 18.7. The number of methoxy groups -OCH3 is 2. The van der Waals surface area contributed by atoms with E-state index in [0.717, 1.165) is 10.2 Å². The molecule has 0 atom stereocenters. The Morgan fingerprint density at radius 2 is 2.12 bits per heavy atom. The Balaban J connectivity index is 2.02. The van der Waals surface area contributed by atoms with Crippen LogP contribution in [0.5, 0.6) is 11.5 Å². The second-order valence-corrected chi connectivity index (χ2v) is 6.28. The van der Waals surface area contributed by atoms with Crippen molar-refractivity contribution in [1.82, 2.24) is 14.9 Å². The van der Waals surface area contributed by atoms with Gasteiger partial charge >= 0.3 is 5.97 Å². The normalized spacial score (nSPS) is 12.9. The van der Waals surface area contributed by atoms with Gasteiger partial charge in [-0.3, -0.25) is 9.59 Å². The lowest BCUT2D eigenvalue weighted by atomic mass is 10.1. The van der Waals surface area contributed by atoms with Crippen LogP contribution in [0.25, 0.3) is 0 Å². The van der Waals surface area contributed by atoms with Crippen LogP contribution in [0.3, 0.4) is 0 Å². The maximum atomic E-state index is 12.6. The highest BCUT2D eigenvalue weighted by atomic mass is 32.2. The van der Waals surface area contributed by atoms with Crippen LogP contribution in [0.15, 0.2) is 33.3 Å². The van der Waals surface area contributed by atoms with Crippen molar-refractivity contribution in [2.75, 3.05) is 20.0 Å². The lowest BCUT2D eigenvalue weighted by Crippen LogP contribution is -2.30. The van der Waals surface area contributed by atoms with E-state index in [4.69, 9.17) is 14.6 Å². The van der Waals surface area contributed by atoms with Crippen LogP contribution < -0.4 is 15.0 Å². The third kappa shape index (κ3) is 3.54. The van der Waals surface area contributed by atoms with Crippen LogP contribution in [-0.2, 0) is 11.2 Å². The molecule has 10 heteroatoms. The van der Waals surface area contributed by atoms with Crippen LogP contribution in [-0.4, -0.2) is 51.6 Å². The molecule has 0 aliphatic carbocycles. The van der Waals surface area contributed by atoms with Gasteiger partial charge in [-0.1, -0.05) is 11.8 Å². The Morgan fingerprint density at radius 1 is 1.31 bits per heavy atom. The van der Waals surface area contributed by atoms with Crippen molar-refractivity contribution in [3.05, 3.63) is 39.8 Å². The predicted molar refractivity (Wildman–Crippen MR) is 94.5 cm³/mol. The van der Waals surface area contributed by atoms with Gasteiger partial charge in [0.05, 0.1) is 26.4 Å². The van der Waals surface area contributed by atoms with Gasteiger partial charge in [-0.2, -0.15) is 9.78 Å². The first kappa shape index (κ1) is 17.9. The van der Waals surface area contributed by atoms with E-state index < -0.39 is 11.5 Å². The van der Waals surface area contributed by atoms with Gasteiger partial charge in [0.15, 0.2) is 0 Å². The Hall–Kier alpha value is -2.88. The summed E-state index contributed by atoms with van der Waals surface area (Å²) < 4.78 is 11.8. The van der Waals surface area contributed by atoms with Gasteiger partial charge in [-0.25, -0.2) is 0 Å². The van der Waals surface area contributed by atoms with E-state index in [0.29, 0.717) is 28.1 Å². The Morgan fingerprint density at radius 3 is 2.81 bits per heavy atom. The van der Waals surface area contributed by atoms with Crippen molar-refractivity contribution in [3.63, 3.8) is 0 Å². The molecule has 1 N–H and O–H groups in total. The van der Waals surface area contributed by atoms with Crippen molar-refractivity contribution in [2.24, 2.45) is 5.10 Å². The number of fused-ring (bicyclic) bond motifs is 1. The maximum absolute atomic E-state index is 12.6. The molecule has 0 radical (unpaired) electrons. The first-order valence-electron chi connectivity index (χ1n) is 7.67. The summed E-state index contributed by atoms with van der Waals surface area (Å²) >= 11 is 1.32. The molecule has 1 aliphatic rings. The van der Waals surface area contributed by atoms with Gasteiger partial charge in [0, 0.05) is 23.8 Å². The largest absolute Gasteiger partial charge is 0.497 e. The summed E-state index contributed by atoms with van der Waals surface area (Å²) in [6.07, 6.45) is -0.192. The fraction of sp³-hybridized carbons (Fsp3) is 0.312. The summed E-state index contributed by atoms with van der Waals surface area (Å²) in [6, 6.07) is 5.34. The van der Waals surface area contributed by atoms with Crippen molar-refractivity contribution < 1.29 is 19.4 Å². The topological polar surface area (TPSA) is 116 Å². The predicted octanol–water partition coefficient (Wildman–Crippen LogP) is 1.03. The molecule has 1 aromatic heterocycles. The van der Waals surface area contributed by atoms with Crippen LogP contribution >= 0.6 is 11.8 Å². The van der Waals surface area contributed by atoms with Gasteiger partial charge < -0.3 is 14.6 Å². The molecule has 2 heterocycles. The van der Waals surface area contributed by atoms with E-state index >= 15 is 0 Å². The number of thioether (sulfide) groups is 1. The van der Waals surface area contributed by atoms with Gasteiger partial charge in [-0.05, 0) is 12.1 Å². The highest BCUT2D eigenvalue weighted by Gasteiger charge is 2.21. The van der Waals surface area contributed by atoms with Crippen molar-refractivity contribution in [3.8, 4) is 11.5 Å². The number of aromatic nitrogens is 3. The van der Waals surface area contributed by atoms with Crippen molar-refractivity contribution >= 4 is 23.4 Å². The number of benzene rings is 1. The van der Waals surface area contributed by atoms with E-state index in [1.807, 2.05) is 6.07 Å². The first-order chi connectivity index (χ1) is 12.5. The van der Waals surface area contributed by atoms with Gasteiger partial charge in [0.1, 0.15) is 17.2 Å². The fourth-order valence-electron chi connectivity index (χ4n) is 2.41. The summed E-state index contributed by atoms with van der Waals surface area (Å²) in [5, 5.41) is 21.4. The van der Waals surface area contributed by atoms with Crippen molar-refractivity contribution in [1.29, 1.82) is 0 Å². The first-order valence-corrected chi connectivity index (χ1v) is 8.65. The lowest BCUT2D eigenvalue weighted by Gasteiger charge is -2.17. The van der Waals surface area contributed by atoms with E-state index in [9.17, 15) is 9.59 Å². The average Bonchev–Trinajstić information content (AvgIpc) is 2.66. The molecule has 3 rings (SSSR count). The molecule has 9 nitrogen and oxygen atoms in total.